The van der Waals surface area contributed by atoms with E-state index in [-0.39, 0.29) is 0 Å². The molecule has 0 aromatic heterocycles. The molecule has 0 aliphatic carbocycles. The van der Waals surface area contributed by atoms with Gasteiger partial charge in [0.25, 0.3) is 0 Å². The third-order valence-corrected chi connectivity index (χ3v) is 2.32. The summed E-state index contributed by atoms with van der Waals surface area (Å²) in [4.78, 5) is 47.3. The van der Waals surface area contributed by atoms with E-state index in [1.807, 2.05) is 0 Å². The second-order valence-electron chi connectivity index (χ2n) is 2.86. The van der Waals surface area contributed by atoms with Crippen LogP contribution in [0, 0.1) is 0 Å². The molecule has 0 aliphatic rings. The first kappa shape index (κ1) is 14.9. The van der Waals surface area contributed by atoms with Crippen LogP contribution in [-0.4, -0.2) is 37.6 Å². The molecule has 0 spiro atoms. The Kier molecular flexibility index (Phi) is 5.48. The van der Waals surface area contributed by atoms with Crippen molar-refractivity contribution in [1.82, 2.24) is 10.4 Å². The molecular formula is C5H13N4O5PS. The zero-order valence-electron chi connectivity index (χ0n) is 8.01. The summed E-state index contributed by atoms with van der Waals surface area (Å²) in [6.07, 6.45) is -0.409. The van der Waals surface area contributed by atoms with Crippen molar-refractivity contribution in [2.75, 3.05) is 0 Å². The van der Waals surface area contributed by atoms with Gasteiger partial charge in [0, 0.05) is 0 Å². The molecule has 0 aromatic carbocycles. The molecule has 1 atom stereocenters. The van der Waals surface area contributed by atoms with E-state index in [2.05, 4.69) is 17.5 Å². The van der Waals surface area contributed by atoms with Gasteiger partial charge in [-0.25, -0.2) is 0 Å². The second kappa shape index (κ2) is 5.87. The number of amides is 2. The van der Waals surface area contributed by atoms with Gasteiger partial charge in [0.2, 0.25) is 0 Å². The maximum absolute atomic E-state index is 10.8. The Morgan fingerprint density at radius 3 is 2.12 bits per heavy atom. The number of carbonyl (C=O) groups is 2. The van der Waals surface area contributed by atoms with Crippen molar-refractivity contribution in [2.24, 2.45) is 11.5 Å². The molecule has 0 fully saturated rings. The Labute approximate surface area is 96.4 Å². The Balaban J connectivity index is 4.35. The summed E-state index contributed by atoms with van der Waals surface area (Å²) in [6, 6.07) is -1.19. The fourth-order valence-electron chi connectivity index (χ4n) is 0.771. The first-order chi connectivity index (χ1) is 7.11. The average Bonchev–Trinajstić information content (AvgIpc) is 1.97. The van der Waals surface area contributed by atoms with Gasteiger partial charge in [-0.05, 0) is 0 Å². The normalized spacial score (nSPS) is 13.7. The molecule has 94 valence electrons. The van der Waals surface area contributed by atoms with Crippen LogP contribution in [0.25, 0.3) is 0 Å². The first-order valence-electron chi connectivity index (χ1n) is 3.95. The summed E-state index contributed by atoms with van der Waals surface area (Å²) in [7, 11) is -4.58. The zero-order chi connectivity index (χ0) is 12.9. The number of hydrogen-bond acceptors (Lipinski definition) is 6. The second-order valence-corrected chi connectivity index (χ2v) is 4.79. The van der Waals surface area contributed by atoms with Crippen LogP contribution in [0.2, 0.25) is 0 Å². The molecule has 9 N–H and O–H groups in total. The molecule has 1 unspecified atom stereocenters. The predicted molar refractivity (Wildman–Crippen MR) is 60.6 cm³/mol. The third-order valence-electron chi connectivity index (χ3n) is 1.34. The molecule has 0 rings (SSSR count). The molecule has 16 heavy (non-hydrogen) atoms. The Morgan fingerprint density at radius 1 is 1.31 bits per heavy atom. The Hall–Kier alpha value is -1.06. The van der Waals surface area contributed by atoms with Crippen LogP contribution in [-0.2, 0) is 9.59 Å². The molecule has 0 aliphatic heterocycles. The topological polar surface area (TPSA) is 171 Å². The van der Waals surface area contributed by atoms with Crippen LogP contribution in [0.4, 0.5) is 0 Å². The molecule has 0 bridgehead atoms. The minimum absolute atomic E-state index is 0.409. The van der Waals surface area contributed by atoms with E-state index in [4.69, 9.17) is 26.1 Å². The summed E-state index contributed by atoms with van der Waals surface area (Å²) >= 11 is 4.52. The van der Waals surface area contributed by atoms with Gasteiger partial charge in [0.05, 0.1) is 0 Å². The molecule has 2 amide bonds. The van der Waals surface area contributed by atoms with Gasteiger partial charge in [-0.15, -0.1) is 0 Å². The van der Waals surface area contributed by atoms with E-state index >= 15 is 0 Å². The Bertz CT molecular complexity index is 306. The van der Waals surface area contributed by atoms with Crippen molar-refractivity contribution >= 4 is 37.2 Å². The van der Waals surface area contributed by atoms with Crippen molar-refractivity contribution in [3.8, 4) is 0 Å². The zero-order valence-corrected chi connectivity index (χ0v) is 9.82. The van der Waals surface area contributed by atoms with Crippen LogP contribution in [0.1, 0.15) is 6.42 Å². The Morgan fingerprint density at radius 2 is 1.81 bits per heavy atom. The van der Waals surface area contributed by atoms with Crippen molar-refractivity contribution in [1.29, 1.82) is 0 Å². The standard InChI is InChI=1S/C5H13N4O5PS/c6-3(10)1-2(4(7)11)8-5(16)9-15(12,13)14/h2,12-15H,1H2,(H2,6,10)(H2,7,11)(H2,8,9,16). The van der Waals surface area contributed by atoms with E-state index < -0.39 is 37.5 Å². The maximum atomic E-state index is 10.8. The van der Waals surface area contributed by atoms with E-state index in [9.17, 15) is 9.59 Å². The van der Waals surface area contributed by atoms with Crippen LogP contribution in [0.3, 0.4) is 0 Å². The van der Waals surface area contributed by atoms with Gasteiger partial charge >= 0.3 is 95.8 Å². The molecule has 0 heterocycles. The number of hydrogen-bond donors (Lipinski definition) is 7. The summed E-state index contributed by atoms with van der Waals surface area (Å²) in [5.41, 5.74) is 9.77. The van der Waals surface area contributed by atoms with Crippen molar-refractivity contribution in [2.45, 2.75) is 12.5 Å². The monoisotopic (exact) mass is 272 g/mol. The van der Waals surface area contributed by atoms with Gasteiger partial charge in [-0.1, -0.05) is 0 Å². The predicted octanol–water partition coefficient (Wildman–Crippen LogP) is -3.43. The van der Waals surface area contributed by atoms with E-state index in [0.29, 0.717) is 0 Å². The number of nitrogens with one attached hydrogen (secondary N) is 2. The van der Waals surface area contributed by atoms with Crippen LogP contribution >= 0.6 is 20.3 Å². The van der Waals surface area contributed by atoms with Gasteiger partial charge in [-0.3, -0.25) is 0 Å². The summed E-state index contributed by atoms with van der Waals surface area (Å²) in [6.45, 7) is 0. The summed E-state index contributed by atoms with van der Waals surface area (Å²) < 4.78 is 0. The van der Waals surface area contributed by atoms with E-state index in [0.717, 1.165) is 0 Å². The number of nitrogens with two attached hydrogens (primary N) is 2. The number of rotatable bonds is 5. The molecule has 0 saturated carbocycles. The molecular weight excluding hydrogens is 259 g/mol. The number of carbonyl (C=O) groups excluding carboxylic acids is 2. The van der Waals surface area contributed by atoms with Gasteiger partial charge in [-0.2, -0.15) is 0 Å². The average molecular weight is 272 g/mol. The van der Waals surface area contributed by atoms with Crippen molar-refractivity contribution < 1.29 is 24.3 Å². The van der Waals surface area contributed by atoms with Crippen LogP contribution in [0.15, 0.2) is 0 Å². The molecule has 11 heteroatoms. The van der Waals surface area contributed by atoms with Gasteiger partial charge in [0.15, 0.2) is 0 Å². The van der Waals surface area contributed by atoms with E-state index in [1.165, 1.54) is 0 Å². The molecule has 0 aromatic rings. The summed E-state index contributed by atoms with van der Waals surface area (Å²) in [5, 5.41) is 3.52. The van der Waals surface area contributed by atoms with Crippen LogP contribution in [0.5, 0.6) is 0 Å². The summed E-state index contributed by atoms with van der Waals surface area (Å²) in [5.74, 6) is -1.69. The van der Waals surface area contributed by atoms with Gasteiger partial charge in [0.1, 0.15) is 0 Å². The fourth-order valence-corrected chi connectivity index (χ4v) is 1.70. The van der Waals surface area contributed by atoms with Crippen molar-refractivity contribution in [3.63, 3.8) is 0 Å². The van der Waals surface area contributed by atoms with Crippen LogP contribution < -0.4 is 21.9 Å². The SMILES string of the molecule is NC(=O)CC(NC(=S)N[PH](O)(O)O)C(N)=O. The minimum atomic E-state index is -4.58. The third kappa shape index (κ3) is 7.26. The van der Waals surface area contributed by atoms with Crippen molar-refractivity contribution in [3.05, 3.63) is 0 Å². The number of primary amides is 2. The molecule has 9 nitrogen and oxygen atoms in total. The molecule has 0 radical (unpaired) electrons. The van der Waals surface area contributed by atoms with E-state index in [1.54, 1.807) is 5.09 Å². The quantitative estimate of drug-likeness (QED) is 0.200. The number of thiocarbonyl (C=S) groups is 1. The van der Waals surface area contributed by atoms with Gasteiger partial charge < -0.3 is 0 Å². The molecule has 0 saturated heterocycles. The fraction of sp³-hybridized carbons (Fsp3) is 0.400. The first-order valence-corrected chi connectivity index (χ1v) is 6.20.